The average molecular weight is 1440 g/mol. The molecule has 1 aromatic rings. The Morgan fingerprint density at radius 3 is 1.45 bits per heavy atom. The van der Waals surface area contributed by atoms with E-state index in [4.69, 9.17) is 9.47 Å². The smallest absolute Gasteiger partial charge is 0.410 e. The molecule has 11 aliphatic rings. The number of urea groups is 4. The first-order valence-electron chi connectivity index (χ1n) is 39.5. The second kappa shape index (κ2) is 39.0. The number of aromatic nitrogens is 2. The molecule has 6 bridgehead atoms. The number of anilines is 1. The predicted molar refractivity (Wildman–Crippen MR) is 415 cm³/mol. The second-order valence-electron chi connectivity index (χ2n) is 34.4. The van der Waals surface area contributed by atoms with Crippen molar-refractivity contribution < 1.29 is 33.4 Å². The Hall–Kier alpha value is -5.08. The zero-order chi connectivity index (χ0) is 77.0. The van der Waals surface area contributed by atoms with E-state index in [1.165, 1.54) is 19.3 Å². The minimum atomic E-state index is -0.121. The first kappa shape index (κ1) is 87.6. The lowest BCUT2D eigenvalue weighted by atomic mass is 9.86. The summed E-state index contributed by atoms with van der Waals surface area (Å²) in [7, 11) is 11.6. The number of rotatable bonds is 18. The summed E-state index contributed by atoms with van der Waals surface area (Å²) in [5.41, 5.74) is 0. The number of imidazole rings is 1. The summed E-state index contributed by atoms with van der Waals surface area (Å²) in [6, 6.07) is 9.24. The largest absolute Gasteiger partial charge is 0.464 e. The van der Waals surface area contributed by atoms with Crippen LogP contribution in [0.25, 0.3) is 0 Å². The van der Waals surface area contributed by atoms with E-state index >= 15 is 0 Å². The van der Waals surface area contributed by atoms with Crippen LogP contribution in [0.2, 0.25) is 0 Å². The van der Waals surface area contributed by atoms with Gasteiger partial charge in [0.1, 0.15) is 11.9 Å². The van der Waals surface area contributed by atoms with E-state index < -0.39 is 0 Å². The molecule has 102 heavy (non-hydrogen) atoms. The summed E-state index contributed by atoms with van der Waals surface area (Å²) in [4.78, 5) is 92.7. The first-order valence-corrected chi connectivity index (χ1v) is 39.5. The van der Waals surface area contributed by atoms with Crippen LogP contribution < -0.4 is 10.1 Å². The van der Waals surface area contributed by atoms with E-state index in [1.807, 2.05) is 90.0 Å². The summed E-state index contributed by atoms with van der Waals surface area (Å²) in [6.07, 6.45) is 6.56. The van der Waals surface area contributed by atoms with Gasteiger partial charge in [-0.2, -0.15) is 0 Å². The number of ether oxygens (including phenoxy) is 2. The zero-order valence-electron chi connectivity index (χ0n) is 70.2. The third kappa shape index (κ3) is 23.0. The molecule has 0 aromatic carbocycles. The van der Waals surface area contributed by atoms with Crippen LogP contribution in [0, 0.1) is 17.8 Å². The molecule has 11 saturated heterocycles. The van der Waals surface area contributed by atoms with E-state index in [0.717, 1.165) is 84.2 Å². The van der Waals surface area contributed by atoms with Crippen LogP contribution in [-0.2, 0) is 11.8 Å². The van der Waals surface area contributed by atoms with E-state index in [1.54, 1.807) is 11.1 Å². The number of carbonyl (C=O) groups excluding carboxylic acids is 5. The molecule has 0 radical (unpaired) electrons. The van der Waals surface area contributed by atoms with Crippen molar-refractivity contribution in [3.05, 3.63) is 6.20 Å². The van der Waals surface area contributed by atoms with Crippen LogP contribution in [0.1, 0.15) is 199 Å². The number of piperazine rings is 3. The minimum absolute atomic E-state index is 0.0266. The second-order valence-corrected chi connectivity index (χ2v) is 34.4. The molecule has 9 amide bonds. The Kier molecular flexibility index (Phi) is 33.4. The normalized spacial score (nSPS) is 24.4. The highest BCUT2D eigenvalue weighted by Gasteiger charge is 2.49. The number of hydrazine groups is 1. The van der Waals surface area contributed by atoms with Gasteiger partial charge in [0.25, 0.3) is 6.01 Å². The van der Waals surface area contributed by atoms with Gasteiger partial charge < -0.3 is 63.8 Å². The van der Waals surface area contributed by atoms with E-state index in [9.17, 15) is 24.0 Å². The standard InChI is InChI=1S/C14H27N3O.C14H26N2O2.2C13H25N3O.C12H26N4O.C11H21N3O/c1-10(2)15(5)14(18)17-9-12-6-7-13(17)8-16(12)11(3)4;1-9(2)13-11(5)18-14(17)16(13)8-12-6-15(7-12)10(3)4;1-9(2)14(5)13(17)16-8-11-6-12(16)7-15(11)10(3)4;1-9(2)14(5)13(17)15-7-11-6-12(8-15)16(11)10(3)4;1-10(2)13(5)12(17)15-7-8-16(9-15)14(6)11(3)4;1-8(2)7-15-11-12-6-10(14(11)5)13-9(3)4/h10-13H,6-9H2,1-5H3;9-13H,6-8H2,1-5H3;2*9-12H,6-8H2,1-5H3;10-11H,7-9H2,1-6H3;6,8-9,13H,7H2,1-5H3. The summed E-state index contributed by atoms with van der Waals surface area (Å²) in [5.74, 6) is 2.58. The number of carbonyl (C=O) groups is 5. The monoisotopic (exact) mass is 1440 g/mol. The fraction of sp³-hybridized carbons (Fsp3) is 0.896. The molecule has 8 atom stereocenters. The quantitative estimate of drug-likeness (QED) is 0.146. The van der Waals surface area contributed by atoms with Gasteiger partial charge in [0.15, 0.2) is 0 Å². The van der Waals surface area contributed by atoms with Gasteiger partial charge in [-0.25, -0.2) is 39.0 Å². The molecule has 0 saturated carbocycles. The van der Waals surface area contributed by atoms with Crippen molar-refractivity contribution in [2.24, 2.45) is 24.8 Å². The third-order valence-corrected chi connectivity index (χ3v) is 22.7. The Morgan fingerprint density at radius 2 is 1.02 bits per heavy atom. The SMILES string of the molecule is CC(C)C1C(C)OC(=O)N1CC1CN(C(C)C)C1.CC(C)COc1ncc(NC(C)C)n1C.CC(C)N(C)C(=O)N1CC2CC(C1)N2C(C)C.CC(C)N(C)C(=O)N1CC2CC1CN2C(C)C.CC(C)N(C)C(=O)N1CC2CCC1CN2C(C)C.CC(C)N(C)C(=O)N1CCN(N(C)C(C)C)C1. The fourth-order valence-electron chi connectivity index (χ4n) is 15.4. The maximum Gasteiger partial charge on any atom is 0.410 e. The molecule has 11 fully saturated rings. The molecule has 1 aromatic heterocycles. The van der Waals surface area contributed by atoms with E-state index in [0.29, 0.717) is 110 Å². The highest BCUT2D eigenvalue weighted by Crippen LogP contribution is 2.36. The van der Waals surface area contributed by atoms with Gasteiger partial charge in [0.05, 0.1) is 25.5 Å². The topological polar surface area (TPSA) is 182 Å². The average Bonchev–Trinajstić information content (AvgIpc) is 1.08. The molecule has 0 aliphatic carbocycles. The molecule has 25 nitrogen and oxygen atoms in total. The number of amides is 9. The number of hydrogen-bond acceptors (Lipinski definition) is 15. The van der Waals surface area contributed by atoms with Crippen molar-refractivity contribution in [1.82, 2.24) is 83.3 Å². The van der Waals surface area contributed by atoms with Crippen LogP contribution in [-0.4, -0.2) is 343 Å². The van der Waals surface area contributed by atoms with Crippen molar-refractivity contribution in [3.8, 4) is 6.01 Å². The van der Waals surface area contributed by atoms with Crippen LogP contribution in [0.3, 0.4) is 0 Å². The van der Waals surface area contributed by atoms with Gasteiger partial charge in [-0.1, -0.05) is 27.7 Å². The summed E-state index contributed by atoms with van der Waals surface area (Å²) >= 11 is 0. The first-order chi connectivity index (χ1) is 47.5. The highest BCUT2D eigenvalue weighted by molar-refractivity contribution is 5.77. The van der Waals surface area contributed by atoms with E-state index in [-0.39, 0.29) is 66.5 Å². The van der Waals surface area contributed by atoms with Crippen LogP contribution >= 0.6 is 0 Å². The maximum absolute atomic E-state index is 12.4. The fourth-order valence-corrected chi connectivity index (χ4v) is 15.4. The van der Waals surface area contributed by atoms with Crippen molar-refractivity contribution in [3.63, 3.8) is 0 Å². The van der Waals surface area contributed by atoms with Gasteiger partial charge in [-0.3, -0.25) is 19.3 Å². The Bertz CT molecular complexity index is 2720. The van der Waals surface area contributed by atoms with Crippen molar-refractivity contribution in [2.45, 2.75) is 308 Å². The lowest BCUT2D eigenvalue weighted by Crippen LogP contribution is -2.71. The van der Waals surface area contributed by atoms with E-state index in [2.05, 4.69) is 209 Å². The number of fused-ring (bicyclic) bond motifs is 7. The number of nitrogens with zero attached hydrogens (tertiary/aromatic N) is 17. The predicted octanol–water partition coefficient (Wildman–Crippen LogP) is 11.0. The van der Waals surface area contributed by atoms with Gasteiger partial charge in [-0.15, -0.1) is 0 Å². The molecule has 590 valence electrons. The zero-order valence-corrected chi connectivity index (χ0v) is 70.2. The summed E-state index contributed by atoms with van der Waals surface area (Å²) < 4.78 is 12.9. The van der Waals surface area contributed by atoms with Crippen LogP contribution in [0.15, 0.2) is 6.20 Å². The molecule has 1 N–H and O–H groups in total. The highest BCUT2D eigenvalue weighted by atomic mass is 16.6. The Balaban J connectivity index is 0.000000221. The molecule has 25 heteroatoms. The van der Waals surface area contributed by atoms with Gasteiger partial charge in [0.2, 0.25) is 0 Å². The van der Waals surface area contributed by atoms with Crippen LogP contribution in [0.5, 0.6) is 6.01 Å². The summed E-state index contributed by atoms with van der Waals surface area (Å²) in [6.45, 7) is 65.4. The third-order valence-electron chi connectivity index (χ3n) is 22.7. The Labute approximate surface area is 620 Å². The van der Waals surface area contributed by atoms with Crippen molar-refractivity contribution >= 4 is 36.0 Å². The lowest BCUT2D eigenvalue weighted by molar-refractivity contribution is -0.0777. The lowest BCUT2D eigenvalue weighted by Gasteiger charge is -2.58. The van der Waals surface area contributed by atoms with Crippen LogP contribution in [0.4, 0.5) is 29.8 Å². The van der Waals surface area contributed by atoms with Crippen molar-refractivity contribution in [1.29, 1.82) is 0 Å². The van der Waals surface area contributed by atoms with Gasteiger partial charge in [0, 0.05) is 217 Å². The summed E-state index contributed by atoms with van der Waals surface area (Å²) in [5, 5.41) is 7.72. The minimum Gasteiger partial charge on any atom is -0.464 e. The number of likely N-dealkylation sites (tertiary alicyclic amines) is 3. The number of hydrogen-bond donors (Lipinski definition) is 1. The molecule has 11 aliphatic heterocycles. The maximum atomic E-state index is 12.4. The van der Waals surface area contributed by atoms with Gasteiger partial charge >= 0.3 is 30.2 Å². The molecule has 8 unspecified atom stereocenters. The molecule has 0 spiro atoms. The van der Waals surface area contributed by atoms with Crippen molar-refractivity contribution in [2.75, 3.05) is 126 Å². The number of piperidine rings is 3. The molecular weight excluding hydrogens is 1290 g/mol. The molecular formula is C77H150N18O7. The number of cyclic esters (lactones) is 1. The molecule has 12 rings (SSSR count). The number of nitrogens with one attached hydrogen (secondary N) is 1. The molecule has 12 heterocycles. The Morgan fingerprint density at radius 1 is 0.549 bits per heavy atom. The van der Waals surface area contributed by atoms with Gasteiger partial charge in [-0.05, 0) is 183 Å².